The minimum atomic E-state index is -0.374. The maximum atomic E-state index is 6.35. The molecule has 19 heavy (non-hydrogen) atoms. The molecule has 1 saturated carbocycles. The summed E-state index contributed by atoms with van der Waals surface area (Å²) in [6, 6.07) is 0.947. The lowest BCUT2D eigenvalue weighted by Gasteiger charge is -2.46. The van der Waals surface area contributed by atoms with Crippen LogP contribution in [0.25, 0.3) is 0 Å². The number of hydrogen-bond donors (Lipinski definition) is 1. The van der Waals surface area contributed by atoms with Crippen LogP contribution in [-0.2, 0) is 14.2 Å². The molecule has 5 nitrogen and oxygen atoms in total. The molecule has 2 rings (SSSR count). The first kappa shape index (κ1) is 15.2. The minimum Gasteiger partial charge on any atom is -0.383 e. The number of nitrogens with two attached hydrogens (primary N) is 1. The number of ether oxygens (including phenoxy) is 3. The van der Waals surface area contributed by atoms with Crippen molar-refractivity contribution in [3.63, 3.8) is 0 Å². The minimum absolute atomic E-state index is 0.192. The van der Waals surface area contributed by atoms with E-state index in [9.17, 15) is 0 Å². The summed E-state index contributed by atoms with van der Waals surface area (Å²) < 4.78 is 16.9. The first-order valence-corrected chi connectivity index (χ1v) is 7.36. The van der Waals surface area contributed by atoms with E-state index in [2.05, 4.69) is 18.7 Å². The van der Waals surface area contributed by atoms with Crippen LogP contribution in [0.1, 0.15) is 33.1 Å². The van der Waals surface area contributed by atoms with Crippen LogP contribution in [0.2, 0.25) is 0 Å². The summed E-state index contributed by atoms with van der Waals surface area (Å²) in [6.07, 6.45) is 2.75. The maximum Gasteiger partial charge on any atom is 0.170 e. The van der Waals surface area contributed by atoms with Gasteiger partial charge in [0.05, 0.1) is 19.8 Å². The van der Waals surface area contributed by atoms with Gasteiger partial charge in [-0.1, -0.05) is 0 Å². The molecular formula is C14H28N2O3. The van der Waals surface area contributed by atoms with Crippen molar-refractivity contribution in [2.45, 2.75) is 57.0 Å². The lowest BCUT2D eigenvalue weighted by Crippen LogP contribution is -2.58. The SMILES string of the molecule is COCCN(C(C)C)C1CC2(CCC1N)OCCO2. The average Bonchev–Trinajstić information content (AvgIpc) is 2.82. The van der Waals surface area contributed by atoms with Crippen molar-refractivity contribution in [2.24, 2.45) is 5.73 Å². The van der Waals surface area contributed by atoms with E-state index in [1.165, 1.54) is 0 Å². The first-order chi connectivity index (χ1) is 9.08. The van der Waals surface area contributed by atoms with Crippen molar-refractivity contribution in [2.75, 3.05) is 33.5 Å². The largest absolute Gasteiger partial charge is 0.383 e. The van der Waals surface area contributed by atoms with Crippen molar-refractivity contribution >= 4 is 0 Å². The predicted molar refractivity (Wildman–Crippen MR) is 74.0 cm³/mol. The smallest absolute Gasteiger partial charge is 0.170 e. The molecule has 0 aromatic carbocycles. The Morgan fingerprint density at radius 1 is 1.37 bits per heavy atom. The van der Waals surface area contributed by atoms with Gasteiger partial charge in [0.15, 0.2) is 5.79 Å². The van der Waals surface area contributed by atoms with Crippen LogP contribution < -0.4 is 5.73 Å². The van der Waals surface area contributed by atoms with Crippen molar-refractivity contribution in [1.29, 1.82) is 0 Å². The van der Waals surface area contributed by atoms with Gasteiger partial charge in [0.1, 0.15) is 0 Å². The third-order valence-corrected chi connectivity index (χ3v) is 4.33. The quantitative estimate of drug-likeness (QED) is 0.808. The van der Waals surface area contributed by atoms with E-state index in [4.69, 9.17) is 19.9 Å². The number of hydrogen-bond acceptors (Lipinski definition) is 5. The van der Waals surface area contributed by atoms with Crippen LogP contribution in [-0.4, -0.2) is 62.3 Å². The summed E-state index contributed by atoms with van der Waals surface area (Å²) in [5, 5.41) is 0. The van der Waals surface area contributed by atoms with Gasteiger partial charge in [-0.2, -0.15) is 0 Å². The van der Waals surface area contributed by atoms with Gasteiger partial charge in [0.25, 0.3) is 0 Å². The second kappa shape index (κ2) is 6.50. The summed E-state index contributed by atoms with van der Waals surface area (Å²) in [6.45, 7) is 7.47. The first-order valence-electron chi connectivity index (χ1n) is 7.36. The monoisotopic (exact) mass is 272 g/mol. The molecule has 2 N–H and O–H groups in total. The van der Waals surface area contributed by atoms with Gasteiger partial charge in [-0.15, -0.1) is 0 Å². The molecule has 0 aromatic rings. The number of nitrogens with zero attached hydrogens (tertiary/aromatic N) is 1. The molecule has 0 bridgehead atoms. The Balaban J connectivity index is 2.05. The standard InChI is InChI=1S/C14H28N2O3/c1-11(2)16(6-7-17-3)13-10-14(5-4-12(13)15)18-8-9-19-14/h11-13H,4-10,15H2,1-3H3. The zero-order valence-corrected chi connectivity index (χ0v) is 12.4. The van der Waals surface area contributed by atoms with E-state index in [1.54, 1.807) is 7.11 Å². The molecule has 1 spiro atoms. The molecule has 112 valence electrons. The van der Waals surface area contributed by atoms with Crippen LogP contribution in [0.3, 0.4) is 0 Å². The molecule has 2 fully saturated rings. The number of rotatable bonds is 5. The molecule has 2 atom stereocenters. The summed E-state index contributed by atoms with van der Waals surface area (Å²) >= 11 is 0. The molecule has 1 heterocycles. The molecule has 2 aliphatic rings. The molecule has 1 aliphatic carbocycles. The van der Waals surface area contributed by atoms with E-state index in [-0.39, 0.29) is 11.8 Å². The molecule has 1 aliphatic heterocycles. The lowest BCUT2D eigenvalue weighted by atomic mass is 9.84. The van der Waals surface area contributed by atoms with E-state index in [1.807, 2.05) is 0 Å². The highest BCUT2D eigenvalue weighted by Gasteiger charge is 2.46. The summed E-state index contributed by atoms with van der Waals surface area (Å²) in [4.78, 5) is 2.43. The van der Waals surface area contributed by atoms with Gasteiger partial charge >= 0.3 is 0 Å². The molecule has 5 heteroatoms. The molecule has 0 radical (unpaired) electrons. The molecule has 2 unspecified atom stereocenters. The van der Waals surface area contributed by atoms with Crippen molar-refractivity contribution in [3.8, 4) is 0 Å². The van der Waals surface area contributed by atoms with Crippen molar-refractivity contribution in [1.82, 2.24) is 4.90 Å². The average molecular weight is 272 g/mol. The van der Waals surface area contributed by atoms with Crippen LogP contribution in [0.4, 0.5) is 0 Å². The van der Waals surface area contributed by atoms with Gasteiger partial charge in [0.2, 0.25) is 0 Å². The highest BCUT2D eigenvalue weighted by molar-refractivity contribution is 4.95. The van der Waals surface area contributed by atoms with Crippen LogP contribution in [0, 0.1) is 0 Å². The fraction of sp³-hybridized carbons (Fsp3) is 1.00. The second-order valence-electron chi connectivity index (χ2n) is 5.91. The van der Waals surface area contributed by atoms with Crippen LogP contribution >= 0.6 is 0 Å². The molecule has 1 saturated heterocycles. The van der Waals surface area contributed by atoms with Crippen LogP contribution in [0.5, 0.6) is 0 Å². The Morgan fingerprint density at radius 2 is 2.05 bits per heavy atom. The van der Waals surface area contributed by atoms with E-state index >= 15 is 0 Å². The zero-order chi connectivity index (χ0) is 13.9. The lowest BCUT2D eigenvalue weighted by molar-refractivity contribution is -0.193. The van der Waals surface area contributed by atoms with Crippen molar-refractivity contribution < 1.29 is 14.2 Å². The van der Waals surface area contributed by atoms with Gasteiger partial charge in [-0.3, -0.25) is 4.90 Å². The van der Waals surface area contributed by atoms with Gasteiger partial charge in [-0.25, -0.2) is 0 Å². The Kier molecular flexibility index (Phi) is 5.20. The summed E-state index contributed by atoms with van der Waals surface area (Å²) in [5.74, 6) is -0.374. The topological polar surface area (TPSA) is 57.0 Å². The number of methoxy groups -OCH3 is 1. The third kappa shape index (κ3) is 3.47. The summed E-state index contributed by atoms with van der Waals surface area (Å²) in [7, 11) is 1.74. The molecule has 0 aromatic heterocycles. The Labute approximate surface area is 116 Å². The Morgan fingerprint density at radius 3 is 2.63 bits per heavy atom. The van der Waals surface area contributed by atoms with E-state index in [0.717, 1.165) is 32.4 Å². The normalized spacial score (nSPS) is 30.6. The third-order valence-electron chi connectivity index (χ3n) is 4.33. The van der Waals surface area contributed by atoms with Gasteiger partial charge in [-0.05, 0) is 20.3 Å². The molecule has 0 amide bonds. The van der Waals surface area contributed by atoms with Crippen LogP contribution in [0.15, 0.2) is 0 Å². The van der Waals surface area contributed by atoms with Gasteiger partial charge in [0, 0.05) is 44.6 Å². The fourth-order valence-electron chi connectivity index (χ4n) is 3.28. The fourth-order valence-corrected chi connectivity index (χ4v) is 3.28. The predicted octanol–water partition coefficient (Wildman–Crippen LogP) is 0.966. The second-order valence-corrected chi connectivity index (χ2v) is 5.91. The van der Waals surface area contributed by atoms with Gasteiger partial charge < -0.3 is 19.9 Å². The van der Waals surface area contributed by atoms with E-state index in [0.29, 0.717) is 25.3 Å². The highest BCUT2D eigenvalue weighted by Crippen LogP contribution is 2.37. The Bertz CT molecular complexity index is 280. The molecular weight excluding hydrogens is 244 g/mol. The maximum absolute atomic E-state index is 6.35. The highest BCUT2D eigenvalue weighted by atomic mass is 16.7. The van der Waals surface area contributed by atoms with E-state index < -0.39 is 0 Å². The summed E-state index contributed by atoms with van der Waals surface area (Å²) in [5.41, 5.74) is 6.35. The zero-order valence-electron chi connectivity index (χ0n) is 12.4. The Hall–Kier alpha value is -0.200. The van der Waals surface area contributed by atoms with Crippen molar-refractivity contribution in [3.05, 3.63) is 0 Å².